The van der Waals surface area contributed by atoms with E-state index in [9.17, 15) is 18.0 Å². The zero-order chi connectivity index (χ0) is 15.8. The van der Waals surface area contributed by atoms with E-state index in [4.69, 9.17) is 9.47 Å². The standard InChI is InChI=1S/C12H10BrF3N2O3/c1-3-21-11(19)8-9-6(13)4-5-7(20-2)18(9)17-10(8)12(14,15)16/h4-5H,3H2,1-2H3. The van der Waals surface area contributed by atoms with Gasteiger partial charge in [0.1, 0.15) is 5.56 Å². The lowest BCUT2D eigenvalue weighted by molar-refractivity contribution is -0.141. The molecule has 0 aliphatic rings. The van der Waals surface area contributed by atoms with Crippen LogP contribution in [0.2, 0.25) is 0 Å². The Morgan fingerprint density at radius 3 is 2.62 bits per heavy atom. The predicted octanol–water partition coefficient (Wildman–Crippen LogP) is 3.30. The molecular formula is C12H10BrF3N2O3. The zero-order valence-electron chi connectivity index (χ0n) is 11.0. The molecule has 9 heteroatoms. The van der Waals surface area contributed by atoms with Crippen LogP contribution in [0.4, 0.5) is 13.2 Å². The summed E-state index contributed by atoms with van der Waals surface area (Å²) < 4.78 is 50.2. The van der Waals surface area contributed by atoms with Crippen LogP contribution in [0.1, 0.15) is 23.0 Å². The lowest BCUT2D eigenvalue weighted by Gasteiger charge is -2.06. The van der Waals surface area contributed by atoms with E-state index < -0.39 is 23.4 Å². The highest BCUT2D eigenvalue weighted by molar-refractivity contribution is 9.10. The van der Waals surface area contributed by atoms with Crippen molar-refractivity contribution in [2.45, 2.75) is 13.1 Å². The Kier molecular flexibility index (Phi) is 4.13. The van der Waals surface area contributed by atoms with Crippen LogP contribution in [0.5, 0.6) is 5.88 Å². The summed E-state index contributed by atoms with van der Waals surface area (Å²) in [4.78, 5) is 11.9. The maximum Gasteiger partial charge on any atom is 0.436 e. The third-order valence-corrected chi connectivity index (χ3v) is 3.29. The van der Waals surface area contributed by atoms with E-state index in [2.05, 4.69) is 21.0 Å². The van der Waals surface area contributed by atoms with Crippen LogP contribution in [0.25, 0.3) is 5.52 Å². The van der Waals surface area contributed by atoms with E-state index >= 15 is 0 Å². The number of halogens is 4. The molecule has 0 atom stereocenters. The first kappa shape index (κ1) is 15.6. The summed E-state index contributed by atoms with van der Waals surface area (Å²) in [5, 5.41) is 3.45. The second-order valence-electron chi connectivity index (χ2n) is 3.93. The molecule has 5 nitrogen and oxygen atoms in total. The minimum absolute atomic E-state index is 0.0466. The first-order valence-electron chi connectivity index (χ1n) is 5.80. The summed E-state index contributed by atoms with van der Waals surface area (Å²) in [6.07, 6.45) is -4.79. The molecule has 0 saturated carbocycles. The highest BCUT2D eigenvalue weighted by atomic mass is 79.9. The summed E-state index contributed by atoms with van der Waals surface area (Å²) in [6.45, 7) is 1.46. The van der Waals surface area contributed by atoms with Gasteiger partial charge in [-0.1, -0.05) is 0 Å². The number of esters is 1. The average Bonchev–Trinajstić information content (AvgIpc) is 2.81. The van der Waals surface area contributed by atoms with Crippen molar-refractivity contribution in [1.29, 1.82) is 0 Å². The van der Waals surface area contributed by atoms with Crippen molar-refractivity contribution in [2.24, 2.45) is 0 Å². The second-order valence-corrected chi connectivity index (χ2v) is 4.78. The number of ether oxygens (including phenoxy) is 2. The quantitative estimate of drug-likeness (QED) is 0.782. The molecule has 2 aromatic rings. The lowest BCUT2D eigenvalue weighted by Crippen LogP contribution is -2.14. The molecule has 0 spiro atoms. The lowest BCUT2D eigenvalue weighted by atomic mass is 10.2. The smallest absolute Gasteiger partial charge is 0.436 e. The van der Waals surface area contributed by atoms with Gasteiger partial charge in [0, 0.05) is 10.5 Å². The van der Waals surface area contributed by atoms with E-state index in [0.717, 1.165) is 4.52 Å². The molecule has 0 aromatic carbocycles. The number of nitrogens with zero attached hydrogens (tertiary/aromatic N) is 2. The molecule has 0 amide bonds. The number of pyridine rings is 1. The van der Waals surface area contributed by atoms with Crippen molar-refractivity contribution in [2.75, 3.05) is 13.7 Å². The van der Waals surface area contributed by atoms with Gasteiger partial charge in [-0.15, -0.1) is 0 Å². The molecule has 0 bridgehead atoms. The fourth-order valence-electron chi connectivity index (χ4n) is 1.84. The second kappa shape index (κ2) is 5.55. The number of fused-ring (bicyclic) bond motifs is 1. The largest absolute Gasteiger partial charge is 0.481 e. The molecule has 0 aliphatic heterocycles. The van der Waals surface area contributed by atoms with Gasteiger partial charge >= 0.3 is 12.1 Å². The van der Waals surface area contributed by atoms with E-state index in [1.165, 1.54) is 26.2 Å². The van der Waals surface area contributed by atoms with Crippen LogP contribution in [-0.4, -0.2) is 29.3 Å². The molecule has 0 fully saturated rings. The SMILES string of the molecule is CCOC(=O)c1c(C(F)(F)F)nn2c(OC)ccc(Br)c12. The maximum absolute atomic E-state index is 13.1. The Balaban J connectivity index is 2.86. The van der Waals surface area contributed by atoms with Gasteiger partial charge in [0.15, 0.2) is 5.69 Å². The fraction of sp³-hybridized carbons (Fsp3) is 0.333. The minimum Gasteiger partial charge on any atom is -0.481 e. The fourth-order valence-corrected chi connectivity index (χ4v) is 2.34. The van der Waals surface area contributed by atoms with Crippen LogP contribution < -0.4 is 4.74 Å². The number of carbonyl (C=O) groups is 1. The summed E-state index contributed by atoms with van der Waals surface area (Å²) in [6, 6.07) is 2.90. The molecule has 0 saturated heterocycles. The number of alkyl halides is 3. The molecule has 0 unspecified atom stereocenters. The van der Waals surface area contributed by atoms with Gasteiger partial charge in [-0.3, -0.25) is 0 Å². The molecule has 2 rings (SSSR count). The molecule has 2 aromatic heterocycles. The number of carbonyl (C=O) groups excluding carboxylic acids is 1. The third kappa shape index (κ3) is 2.69. The monoisotopic (exact) mass is 366 g/mol. The molecular weight excluding hydrogens is 357 g/mol. The van der Waals surface area contributed by atoms with Gasteiger partial charge in [-0.05, 0) is 28.9 Å². The highest BCUT2D eigenvalue weighted by Gasteiger charge is 2.41. The van der Waals surface area contributed by atoms with Crippen molar-refractivity contribution in [3.05, 3.63) is 27.9 Å². The van der Waals surface area contributed by atoms with Gasteiger partial charge in [-0.25, -0.2) is 4.79 Å². The van der Waals surface area contributed by atoms with Crippen molar-refractivity contribution in [3.8, 4) is 5.88 Å². The maximum atomic E-state index is 13.1. The Labute approximate surface area is 125 Å². The van der Waals surface area contributed by atoms with Gasteiger partial charge in [0.25, 0.3) is 0 Å². The summed E-state index contributed by atoms with van der Waals surface area (Å²) in [5.74, 6) is -1.02. The van der Waals surface area contributed by atoms with Crippen molar-refractivity contribution < 1.29 is 27.4 Å². The summed E-state index contributed by atoms with van der Waals surface area (Å²) >= 11 is 3.12. The Hall–Kier alpha value is -1.77. The first-order valence-corrected chi connectivity index (χ1v) is 6.60. The number of rotatable bonds is 3. The van der Waals surface area contributed by atoms with Crippen LogP contribution in [0, 0.1) is 0 Å². The third-order valence-electron chi connectivity index (χ3n) is 2.65. The van der Waals surface area contributed by atoms with Gasteiger partial charge in [-0.2, -0.15) is 22.8 Å². The topological polar surface area (TPSA) is 52.8 Å². The van der Waals surface area contributed by atoms with Crippen LogP contribution in [-0.2, 0) is 10.9 Å². The van der Waals surface area contributed by atoms with E-state index in [-0.39, 0.29) is 22.5 Å². The van der Waals surface area contributed by atoms with Gasteiger partial charge in [0.2, 0.25) is 5.88 Å². The molecule has 2 heterocycles. The Morgan fingerprint density at radius 2 is 2.10 bits per heavy atom. The highest BCUT2D eigenvalue weighted by Crippen LogP contribution is 2.37. The van der Waals surface area contributed by atoms with Crippen molar-refractivity contribution >= 4 is 27.4 Å². The van der Waals surface area contributed by atoms with Crippen LogP contribution in [0.15, 0.2) is 16.6 Å². The molecule has 0 radical (unpaired) electrons. The summed E-state index contributed by atoms with van der Waals surface area (Å²) in [5.41, 5.74) is -2.01. The molecule has 0 N–H and O–H groups in total. The summed E-state index contributed by atoms with van der Waals surface area (Å²) in [7, 11) is 1.29. The van der Waals surface area contributed by atoms with Gasteiger partial charge < -0.3 is 9.47 Å². The molecule has 114 valence electrons. The van der Waals surface area contributed by atoms with Crippen LogP contribution >= 0.6 is 15.9 Å². The average molecular weight is 367 g/mol. The number of hydrogen-bond donors (Lipinski definition) is 0. The molecule has 21 heavy (non-hydrogen) atoms. The van der Waals surface area contributed by atoms with Crippen LogP contribution in [0.3, 0.4) is 0 Å². The van der Waals surface area contributed by atoms with Gasteiger partial charge in [0.05, 0.1) is 19.2 Å². The Morgan fingerprint density at radius 1 is 1.43 bits per heavy atom. The number of hydrogen-bond acceptors (Lipinski definition) is 4. The number of aromatic nitrogens is 2. The van der Waals surface area contributed by atoms with E-state index in [0.29, 0.717) is 0 Å². The van der Waals surface area contributed by atoms with Crippen molar-refractivity contribution in [1.82, 2.24) is 9.61 Å². The zero-order valence-corrected chi connectivity index (χ0v) is 12.6. The van der Waals surface area contributed by atoms with E-state index in [1.54, 1.807) is 0 Å². The minimum atomic E-state index is -4.79. The first-order chi connectivity index (χ1) is 9.81. The normalized spacial score (nSPS) is 11.7. The van der Waals surface area contributed by atoms with Crippen molar-refractivity contribution in [3.63, 3.8) is 0 Å². The Bertz CT molecular complexity index is 697. The predicted molar refractivity (Wildman–Crippen MR) is 70.4 cm³/mol. The molecule has 0 aliphatic carbocycles. The number of methoxy groups -OCH3 is 1. The van der Waals surface area contributed by atoms with E-state index in [1.807, 2.05) is 0 Å².